The average molecular weight is 264 g/mol. The summed E-state index contributed by atoms with van der Waals surface area (Å²) in [4.78, 5) is 13.7. The van der Waals surface area contributed by atoms with Gasteiger partial charge in [0.05, 0.1) is 6.54 Å². The minimum atomic E-state index is -0.221. The zero-order valence-corrected chi connectivity index (χ0v) is 11.5. The average Bonchev–Trinajstić information content (AvgIpc) is 3.15. The van der Waals surface area contributed by atoms with Crippen molar-refractivity contribution < 1.29 is 9.18 Å². The maximum Gasteiger partial charge on any atom is 0.234 e. The first-order chi connectivity index (χ1) is 9.06. The van der Waals surface area contributed by atoms with Gasteiger partial charge in [-0.05, 0) is 38.8 Å². The number of amides is 1. The second kappa shape index (κ2) is 6.15. The van der Waals surface area contributed by atoms with Gasteiger partial charge in [-0.25, -0.2) is 4.39 Å². The maximum absolute atomic E-state index is 13.5. The van der Waals surface area contributed by atoms with Crippen molar-refractivity contribution in [2.75, 3.05) is 13.6 Å². The molecule has 1 aromatic carbocycles. The molecule has 0 bridgehead atoms. The van der Waals surface area contributed by atoms with Crippen LogP contribution >= 0.6 is 0 Å². The molecule has 0 spiro atoms. The fourth-order valence-corrected chi connectivity index (χ4v) is 2.23. The van der Waals surface area contributed by atoms with Gasteiger partial charge >= 0.3 is 0 Å². The molecule has 0 saturated heterocycles. The van der Waals surface area contributed by atoms with Gasteiger partial charge in [0.1, 0.15) is 5.82 Å². The van der Waals surface area contributed by atoms with Gasteiger partial charge in [-0.1, -0.05) is 18.2 Å². The highest BCUT2D eigenvalue weighted by Gasteiger charge is 2.28. The number of hydrogen-bond donors (Lipinski definition) is 1. The van der Waals surface area contributed by atoms with E-state index in [2.05, 4.69) is 5.32 Å². The second-order valence-corrected chi connectivity index (χ2v) is 5.46. The lowest BCUT2D eigenvalue weighted by Crippen LogP contribution is -2.40. The molecule has 3 nitrogen and oxygen atoms in total. The molecule has 2 rings (SSSR count). The lowest BCUT2D eigenvalue weighted by molar-refractivity contribution is -0.122. The number of hydrogen-bond acceptors (Lipinski definition) is 2. The quantitative estimate of drug-likeness (QED) is 0.854. The monoisotopic (exact) mass is 264 g/mol. The van der Waals surface area contributed by atoms with E-state index in [1.165, 1.54) is 18.9 Å². The Morgan fingerprint density at radius 2 is 2.16 bits per heavy atom. The normalized spacial score (nSPS) is 16.4. The molecule has 0 heterocycles. The highest BCUT2D eigenvalue weighted by atomic mass is 19.1. The molecule has 0 radical (unpaired) electrons. The van der Waals surface area contributed by atoms with Crippen LogP contribution in [0.25, 0.3) is 0 Å². The van der Waals surface area contributed by atoms with Crippen LogP contribution in [-0.2, 0) is 11.3 Å². The van der Waals surface area contributed by atoms with Crippen LogP contribution in [0.4, 0.5) is 4.39 Å². The number of rotatable bonds is 6. The van der Waals surface area contributed by atoms with Gasteiger partial charge in [-0.3, -0.25) is 9.69 Å². The molecule has 1 aliphatic carbocycles. The molecule has 1 atom stereocenters. The van der Waals surface area contributed by atoms with Crippen molar-refractivity contribution in [2.24, 2.45) is 5.92 Å². The summed E-state index contributed by atoms with van der Waals surface area (Å²) in [6, 6.07) is 6.92. The molecule has 1 N–H and O–H groups in total. The Hall–Kier alpha value is -1.42. The number of carbonyl (C=O) groups is 1. The van der Waals surface area contributed by atoms with Gasteiger partial charge in [0.15, 0.2) is 0 Å². The predicted octanol–water partition coefficient (Wildman–Crippen LogP) is 2.17. The molecule has 104 valence electrons. The lowest BCUT2D eigenvalue weighted by atomic mass is 10.2. The topological polar surface area (TPSA) is 32.3 Å². The molecule has 1 saturated carbocycles. The fourth-order valence-electron chi connectivity index (χ4n) is 2.23. The van der Waals surface area contributed by atoms with Crippen LogP contribution < -0.4 is 5.32 Å². The summed E-state index contributed by atoms with van der Waals surface area (Å²) in [5.41, 5.74) is 0.619. The molecule has 4 heteroatoms. The zero-order chi connectivity index (χ0) is 13.8. The van der Waals surface area contributed by atoms with Gasteiger partial charge in [-0.2, -0.15) is 0 Å². The summed E-state index contributed by atoms with van der Waals surface area (Å²) in [7, 11) is 1.83. The van der Waals surface area contributed by atoms with E-state index in [0.717, 1.165) is 0 Å². The third-order valence-electron chi connectivity index (χ3n) is 3.53. The first kappa shape index (κ1) is 14.0. The number of halogens is 1. The number of benzene rings is 1. The first-order valence-corrected chi connectivity index (χ1v) is 6.77. The van der Waals surface area contributed by atoms with Crippen molar-refractivity contribution in [3.8, 4) is 0 Å². The number of carbonyl (C=O) groups excluding carboxylic acids is 1. The summed E-state index contributed by atoms with van der Waals surface area (Å²) in [5.74, 6) is 0.445. The van der Waals surface area contributed by atoms with E-state index in [-0.39, 0.29) is 17.8 Å². The Kier molecular flexibility index (Phi) is 4.53. The maximum atomic E-state index is 13.5. The minimum absolute atomic E-state index is 0.0123. The van der Waals surface area contributed by atoms with Gasteiger partial charge in [0, 0.05) is 18.2 Å². The fraction of sp³-hybridized carbons (Fsp3) is 0.533. The second-order valence-electron chi connectivity index (χ2n) is 5.46. The molecule has 1 amide bonds. The molecule has 1 fully saturated rings. The molecule has 1 aromatic rings. The van der Waals surface area contributed by atoms with Crippen molar-refractivity contribution in [3.05, 3.63) is 35.6 Å². The van der Waals surface area contributed by atoms with Crippen LogP contribution in [0, 0.1) is 11.7 Å². The van der Waals surface area contributed by atoms with Crippen LogP contribution in [0.3, 0.4) is 0 Å². The Morgan fingerprint density at radius 3 is 2.79 bits per heavy atom. The van der Waals surface area contributed by atoms with E-state index in [9.17, 15) is 9.18 Å². The van der Waals surface area contributed by atoms with Crippen LogP contribution in [0.2, 0.25) is 0 Å². The third kappa shape index (κ3) is 4.31. The minimum Gasteiger partial charge on any atom is -0.352 e. The van der Waals surface area contributed by atoms with E-state index in [0.29, 0.717) is 24.6 Å². The standard InChI is InChI=1S/C15H21FN2O/c1-11(12-7-8-12)17-15(19)10-18(2)9-13-5-3-4-6-14(13)16/h3-6,11-12H,7-10H2,1-2H3,(H,17,19). The molecule has 0 aromatic heterocycles. The van der Waals surface area contributed by atoms with E-state index in [1.54, 1.807) is 12.1 Å². The summed E-state index contributed by atoms with van der Waals surface area (Å²) in [6.45, 7) is 2.79. The van der Waals surface area contributed by atoms with Crippen LogP contribution in [0.1, 0.15) is 25.3 Å². The summed E-state index contributed by atoms with van der Waals surface area (Å²) >= 11 is 0. The van der Waals surface area contributed by atoms with Gasteiger partial charge in [0.2, 0.25) is 5.91 Å². The Bertz CT molecular complexity index is 446. The molecule has 1 aliphatic rings. The van der Waals surface area contributed by atoms with E-state index in [1.807, 2.05) is 24.9 Å². The van der Waals surface area contributed by atoms with Crippen molar-refractivity contribution in [1.82, 2.24) is 10.2 Å². The Labute approximate surface area is 113 Å². The molecular weight excluding hydrogens is 243 g/mol. The molecule has 0 aliphatic heterocycles. The van der Waals surface area contributed by atoms with E-state index >= 15 is 0 Å². The van der Waals surface area contributed by atoms with E-state index in [4.69, 9.17) is 0 Å². The molecule has 19 heavy (non-hydrogen) atoms. The zero-order valence-electron chi connectivity index (χ0n) is 11.5. The number of nitrogens with one attached hydrogen (secondary N) is 1. The smallest absolute Gasteiger partial charge is 0.234 e. The molecular formula is C15H21FN2O. The van der Waals surface area contributed by atoms with Crippen LogP contribution in [-0.4, -0.2) is 30.4 Å². The van der Waals surface area contributed by atoms with Gasteiger partial charge < -0.3 is 5.32 Å². The van der Waals surface area contributed by atoms with Crippen LogP contribution in [0.5, 0.6) is 0 Å². The first-order valence-electron chi connectivity index (χ1n) is 6.77. The predicted molar refractivity (Wildman–Crippen MR) is 73.1 cm³/mol. The van der Waals surface area contributed by atoms with Crippen molar-refractivity contribution in [1.29, 1.82) is 0 Å². The van der Waals surface area contributed by atoms with E-state index < -0.39 is 0 Å². The highest BCUT2D eigenvalue weighted by molar-refractivity contribution is 5.78. The molecule has 1 unspecified atom stereocenters. The summed E-state index contributed by atoms with van der Waals surface area (Å²) < 4.78 is 13.5. The largest absolute Gasteiger partial charge is 0.352 e. The van der Waals surface area contributed by atoms with Crippen molar-refractivity contribution in [2.45, 2.75) is 32.4 Å². The van der Waals surface area contributed by atoms with Crippen LogP contribution in [0.15, 0.2) is 24.3 Å². The number of likely N-dealkylation sites (N-methyl/N-ethyl adjacent to an activating group) is 1. The third-order valence-corrected chi connectivity index (χ3v) is 3.53. The summed E-state index contributed by atoms with van der Waals surface area (Å²) in [6.07, 6.45) is 2.43. The van der Waals surface area contributed by atoms with Crippen molar-refractivity contribution >= 4 is 5.91 Å². The van der Waals surface area contributed by atoms with Gasteiger partial charge in [-0.15, -0.1) is 0 Å². The number of nitrogens with zero attached hydrogens (tertiary/aromatic N) is 1. The highest BCUT2D eigenvalue weighted by Crippen LogP contribution is 2.32. The Balaban J connectivity index is 1.78. The van der Waals surface area contributed by atoms with Gasteiger partial charge in [0.25, 0.3) is 0 Å². The Morgan fingerprint density at radius 1 is 1.47 bits per heavy atom. The van der Waals surface area contributed by atoms with Crippen molar-refractivity contribution in [3.63, 3.8) is 0 Å². The lowest BCUT2D eigenvalue weighted by Gasteiger charge is -2.19. The SMILES string of the molecule is CC(NC(=O)CN(C)Cc1ccccc1F)C1CC1. The summed E-state index contributed by atoms with van der Waals surface area (Å²) in [5, 5.41) is 3.00.